The third-order valence-corrected chi connectivity index (χ3v) is 0.943. The number of hydrogen-bond donors (Lipinski definition) is 0. The maximum absolute atomic E-state index is 9.22. The molecule has 0 bridgehead atoms. The van der Waals surface area contributed by atoms with Gasteiger partial charge in [-0.25, -0.2) is 16.8 Å². The van der Waals surface area contributed by atoms with Crippen LogP contribution in [0.3, 0.4) is 0 Å². The molecule has 93 valence electrons. The Labute approximate surface area is 94.9 Å². The number of carbonyl (C=O) groups excluding carboxylic acids is 2. The Morgan fingerprint density at radius 3 is 1.00 bits per heavy atom. The normalized spacial score (nSPS) is 9.73. The van der Waals surface area contributed by atoms with Crippen molar-refractivity contribution < 1.29 is 61.0 Å². The second-order valence-corrected chi connectivity index (χ2v) is 3.22. The molecule has 0 spiro atoms. The van der Waals surface area contributed by atoms with Gasteiger partial charge in [0.15, 0.2) is 0 Å². The minimum absolute atomic E-state index is 0. The van der Waals surface area contributed by atoms with Gasteiger partial charge in [-0.05, 0) is 0 Å². The standard InChI is InChI=1S/2CH2O5S.Cu/c2*2-1-6-7(3,4)5;/h2*1H,(H,3,4,5);/q;;+2/p-2. The van der Waals surface area contributed by atoms with Crippen LogP contribution in [-0.4, -0.2) is 38.9 Å². The van der Waals surface area contributed by atoms with Gasteiger partial charge in [0.2, 0.25) is 0 Å². The molecule has 0 aliphatic rings. The Morgan fingerprint density at radius 1 is 0.800 bits per heavy atom. The summed E-state index contributed by atoms with van der Waals surface area (Å²) in [6, 6.07) is 0. The van der Waals surface area contributed by atoms with Gasteiger partial charge in [-0.15, -0.1) is 0 Å². The Balaban J connectivity index is -0.000000180. The first kappa shape index (κ1) is 19.8. The summed E-state index contributed by atoms with van der Waals surface area (Å²) in [5, 5.41) is 0. The van der Waals surface area contributed by atoms with E-state index >= 15 is 0 Å². The fourth-order valence-electron chi connectivity index (χ4n) is 0.0962. The summed E-state index contributed by atoms with van der Waals surface area (Å²) in [5.74, 6) is 0. The van der Waals surface area contributed by atoms with E-state index in [1.165, 1.54) is 0 Å². The molecule has 0 saturated heterocycles. The molecule has 1 radical (unpaired) electrons. The zero-order valence-electron chi connectivity index (χ0n) is 6.36. The maximum atomic E-state index is 9.22. The predicted octanol–water partition coefficient (Wildman–Crippen LogP) is -2.76. The second-order valence-electron chi connectivity index (χ2n) is 1.20. The molecule has 0 aliphatic carbocycles. The summed E-state index contributed by atoms with van der Waals surface area (Å²) in [7, 11) is -9.58. The van der Waals surface area contributed by atoms with Crippen LogP contribution in [0.2, 0.25) is 0 Å². The molecule has 0 aromatic heterocycles. The average Bonchev–Trinajstić information content (AvgIpc) is 1.81. The third-order valence-electron chi connectivity index (χ3n) is 0.314. The summed E-state index contributed by atoms with van der Waals surface area (Å²) in [6.07, 6.45) is 0. The fraction of sp³-hybridized carbons (Fsp3) is 0. The molecule has 10 nitrogen and oxygen atoms in total. The van der Waals surface area contributed by atoms with Crippen LogP contribution in [0.15, 0.2) is 0 Å². The molecule has 15 heavy (non-hydrogen) atoms. The van der Waals surface area contributed by atoms with Gasteiger partial charge in [0.25, 0.3) is 20.8 Å². The molecule has 0 N–H and O–H groups in total. The quantitative estimate of drug-likeness (QED) is 0.229. The molecule has 0 heterocycles. The Hall–Kier alpha value is -0.721. The molecule has 0 atom stereocenters. The van der Waals surface area contributed by atoms with Crippen molar-refractivity contribution in [3.05, 3.63) is 0 Å². The summed E-state index contributed by atoms with van der Waals surface area (Å²) >= 11 is 0. The molecule has 0 unspecified atom stereocenters. The van der Waals surface area contributed by atoms with Crippen LogP contribution in [0, 0.1) is 0 Å². The van der Waals surface area contributed by atoms with E-state index in [9.17, 15) is 25.9 Å². The van der Waals surface area contributed by atoms with Crippen molar-refractivity contribution in [3.8, 4) is 0 Å². The van der Waals surface area contributed by atoms with Gasteiger partial charge in [-0.3, -0.25) is 9.59 Å². The van der Waals surface area contributed by atoms with Crippen LogP contribution in [0.25, 0.3) is 0 Å². The fourth-order valence-corrected chi connectivity index (χ4v) is 0.289. The van der Waals surface area contributed by atoms with Crippen molar-refractivity contribution in [2.75, 3.05) is 0 Å². The van der Waals surface area contributed by atoms with Gasteiger partial charge in [-0.1, -0.05) is 0 Å². The number of carbonyl (C=O) groups is 2. The molecular formula is C2H2CuO10S2. The molecule has 13 heteroatoms. The average molecular weight is 314 g/mol. The van der Waals surface area contributed by atoms with E-state index in [4.69, 9.17) is 9.59 Å². The third kappa shape index (κ3) is 31.9. The van der Waals surface area contributed by atoms with E-state index in [2.05, 4.69) is 8.37 Å². The van der Waals surface area contributed by atoms with Crippen LogP contribution in [0.4, 0.5) is 0 Å². The zero-order valence-corrected chi connectivity index (χ0v) is 8.93. The van der Waals surface area contributed by atoms with Crippen molar-refractivity contribution >= 4 is 33.7 Å². The monoisotopic (exact) mass is 313 g/mol. The molecule has 0 fully saturated rings. The van der Waals surface area contributed by atoms with Crippen LogP contribution in [-0.2, 0) is 55.8 Å². The summed E-state index contributed by atoms with van der Waals surface area (Å²) < 4.78 is 61.3. The molecule has 0 amide bonds. The SMILES string of the molecule is O=COS(=O)(=O)[O-].O=COS(=O)(=O)[O-].[Cu+2]. The van der Waals surface area contributed by atoms with E-state index in [-0.39, 0.29) is 17.1 Å². The van der Waals surface area contributed by atoms with Crippen molar-refractivity contribution in [2.24, 2.45) is 0 Å². The van der Waals surface area contributed by atoms with E-state index in [1.807, 2.05) is 0 Å². The smallest absolute Gasteiger partial charge is 0.716 e. The van der Waals surface area contributed by atoms with E-state index in [1.54, 1.807) is 0 Å². The molecule has 0 aliphatic heterocycles. The molecule has 0 rings (SSSR count). The van der Waals surface area contributed by atoms with Gasteiger partial charge in [0, 0.05) is 0 Å². The minimum Gasteiger partial charge on any atom is -0.716 e. The van der Waals surface area contributed by atoms with Crippen LogP contribution < -0.4 is 0 Å². The Bertz CT molecular complexity index is 326. The number of rotatable bonds is 4. The Morgan fingerprint density at radius 2 is 1.00 bits per heavy atom. The largest absolute Gasteiger partial charge is 2.00 e. The summed E-state index contributed by atoms with van der Waals surface area (Å²) in [6.45, 7) is -0.884. The van der Waals surface area contributed by atoms with Crippen molar-refractivity contribution in [3.63, 3.8) is 0 Å². The molecule has 0 saturated carbocycles. The van der Waals surface area contributed by atoms with E-state index < -0.39 is 33.7 Å². The van der Waals surface area contributed by atoms with E-state index in [0.717, 1.165) is 0 Å². The first-order valence-electron chi connectivity index (χ1n) is 2.28. The van der Waals surface area contributed by atoms with E-state index in [0.29, 0.717) is 0 Å². The van der Waals surface area contributed by atoms with Crippen LogP contribution in [0.1, 0.15) is 0 Å². The van der Waals surface area contributed by atoms with Crippen molar-refractivity contribution in [1.82, 2.24) is 0 Å². The van der Waals surface area contributed by atoms with Crippen LogP contribution in [0.5, 0.6) is 0 Å². The van der Waals surface area contributed by atoms with Crippen molar-refractivity contribution in [1.29, 1.82) is 0 Å². The van der Waals surface area contributed by atoms with Gasteiger partial charge in [-0.2, -0.15) is 0 Å². The topological polar surface area (TPSA) is 167 Å². The summed E-state index contributed by atoms with van der Waals surface area (Å²) in [4.78, 5) is 18.0. The number of hydrogen-bond acceptors (Lipinski definition) is 10. The molecule has 0 aromatic carbocycles. The first-order valence-corrected chi connectivity index (χ1v) is 4.94. The maximum Gasteiger partial charge on any atom is 2.00 e. The predicted molar refractivity (Wildman–Crippen MR) is 33.7 cm³/mol. The van der Waals surface area contributed by atoms with Gasteiger partial charge in [0.1, 0.15) is 0 Å². The zero-order chi connectivity index (χ0) is 11.8. The summed E-state index contributed by atoms with van der Waals surface area (Å²) in [5.41, 5.74) is 0. The van der Waals surface area contributed by atoms with Crippen LogP contribution >= 0.6 is 0 Å². The second kappa shape index (κ2) is 8.58. The van der Waals surface area contributed by atoms with Gasteiger partial charge < -0.3 is 17.5 Å². The molecular weight excluding hydrogens is 312 g/mol. The Kier molecular flexibility index (Phi) is 11.3. The first-order chi connectivity index (χ1) is 6.12. The van der Waals surface area contributed by atoms with Crippen molar-refractivity contribution in [2.45, 2.75) is 0 Å². The van der Waals surface area contributed by atoms with Gasteiger partial charge in [0.05, 0.1) is 0 Å². The minimum atomic E-state index is -4.79. The van der Waals surface area contributed by atoms with Gasteiger partial charge >= 0.3 is 30.0 Å². The molecule has 0 aromatic rings.